The molecule has 1 heterocycles. The van der Waals surface area contributed by atoms with E-state index in [1.54, 1.807) is 36.4 Å². The zero-order chi connectivity index (χ0) is 17.1. The van der Waals surface area contributed by atoms with E-state index >= 15 is 0 Å². The molecule has 24 heavy (non-hydrogen) atoms. The Morgan fingerprint density at radius 1 is 1.29 bits per heavy atom. The molecule has 0 aliphatic carbocycles. The molecule has 1 aliphatic rings. The van der Waals surface area contributed by atoms with Crippen LogP contribution in [0.5, 0.6) is 5.75 Å². The van der Waals surface area contributed by atoms with Crippen LogP contribution in [0.2, 0.25) is 0 Å². The molecule has 2 aromatic carbocycles. The summed E-state index contributed by atoms with van der Waals surface area (Å²) in [6, 6.07) is 10.9. The topological polar surface area (TPSA) is 111 Å². The van der Waals surface area contributed by atoms with Crippen LogP contribution < -0.4 is 15.4 Å². The maximum atomic E-state index is 12.1. The van der Waals surface area contributed by atoms with E-state index in [9.17, 15) is 19.7 Å². The van der Waals surface area contributed by atoms with Crippen LogP contribution in [0.15, 0.2) is 42.5 Å². The van der Waals surface area contributed by atoms with E-state index in [1.165, 1.54) is 6.07 Å². The summed E-state index contributed by atoms with van der Waals surface area (Å²) in [7, 11) is 0. The second-order valence-electron chi connectivity index (χ2n) is 5.16. The van der Waals surface area contributed by atoms with E-state index in [4.69, 9.17) is 4.74 Å². The van der Waals surface area contributed by atoms with Gasteiger partial charge in [0.05, 0.1) is 17.0 Å². The maximum Gasteiger partial charge on any atom is 0.273 e. The van der Waals surface area contributed by atoms with Gasteiger partial charge in [-0.1, -0.05) is 18.2 Å². The van der Waals surface area contributed by atoms with Crippen LogP contribution in [-0.2, 0) is 16.0 Å². The van der Waals surface area contributed by atoms with Crippen molar-refractivity contribution in [1.29, 1.82) is 0 Å². The molecular weight excluding hydrogens is 314 g/mol. The van der Waals surface area contributed by atoms with Crippen molar-refractivity contribution in [3.63, 3.8) is 0 Å². The van der Waals surface area contributed by atoms with Gasteiger partial charge in [0.2, 0.25) is 5.91 Å². The summed E-state index contributed by atoms with van der Waals surface area (Å²) < 4.78 is 5.27. The summed E-state index contributed by atoms with van der Waals surface area (Å²) in [6.07, 6.45) is -0.119. The normalized spacial score (nSPS) is 12.6. The number of amides is 2. The Morgan fingerprint density at radius 3 is 2.88 bits per heavy atom. The quantitative estimate of drug-likeness (QED) is 0.660. The number of nitrogens with zero attached hydrogens (tertiary/aromatic N) is 1. The fourth-order valence-corrected chi connectivity index (χ4v) is 2.37. The lowest BCUT2D eigenvalue weighted by molar-refractivity contribution is -0.385. The minimum absolute atomic E-state index is 0.0827. The third kappa shape index (κ3) is 3.32. The van der Waals surface area contributed by atoms with Crippen molar-refractivity contribution in [3.8, 4) is 5.75 Å². The number of ether oxygens (including phenoxy) is 1. The molecule has 0 radical (unpaired) electrons. The molecule has 0 atom stereocenters. The molecule has 2 N–H and O–H groups in total. The average molecular weight is 327 g/mol. The highest BCUT2D eigenvalue weighted by Gasteiger charge is 2.18. The predicted octanol–water partition coefficient (Wildman–Crippen LogP) is 2.11. The Hall–Kier alpha value is -3.42. The van der Waals surface area contributed by atoms with E-state index in [1.807, 2.05) is 0 Å². The highest BCUT2D eigenvalue weighted by atomic mass is 16.6. The number of nitro benzene ring substituents is 1. The van der Waals surface area contributed by atoms with Gasteiger partial charge in [-0.05, 0) is 12.1 Å². The number of para-hydroxylation sites is 1. The number of nitro groups is 1. The van der Waals surface area contributed by atoms with Gasteiger partial charge in [0, 0.05) is 23.4 Å². The number of carbonyl (C=O) groups excluding carboxylic acids is 2. The second kappa shape index (κ2) is 6.37. The first kappa shape index (κ1) is 15.5. The minimum atomic E-state index is -0.516. The van der Waals surface area contributed by atoms with Gasteiger partial charge in [-0.3, -0.25) is 19.7 Å². The van der Waals surface area contributed by atoms with E-state index in [-0.39, 0.29) is 30.5 Å². The van der Waals surface area contributed by atoms with Crippen molar-refractivity contribution >= 4 is 28.9 Å². The van der Waals surface area contributed by atoms with Crippen molar-refractivity contribution in [2.75, 3.05) is 17.2 Å². The minimum Gasteiger partial charge on any atom is -0.482 e. The molecule has 0 saturated carbocycles. The third-order valence-corrected chi connectivity index (χ3v) is 3.44. The number of hydrogen-bond donors (Lipinski definition) is 2. The Balaban J connectivity index is 1.72. The zero-order valence-corrected chi connectivity index (χ0v) is 12.4. The van der Waals surface area contributed by atoms with E-state index < -0.39 is 4.92 Å². The lowest BCUT2D eigenvalue weighted by atomic mass is 10.1. The van der Waals surface area contributed by atoms with Crippen molar-refractivity contribution < 1.29 is 19.2 Å². The van der Waals surface area contributed by atoms with Gasteiger partial charge in [0.1, 0.15) is 5.75 Å². The summed E-state index contributed by atoms with van der Waals surface area (Å²) in [5, 5.41) is 16.3. The van der Waals surface area contributed by atoms with Gasteiger partial charge >= 0.3 is 0 Å². The van der Waals surface area contributed by atoms with Crippen molar-refractivity contribution in [2.24, 2.45) is 0 Å². The standard InChI is InChI=1S/C16H13N3O5/c20-15(7-10-3-1-2-4-13(10)19(22)23)17-11-5-6-12-14(8-11)24-9-16(21)18-12/h1-6,8H,7,9H2,(H,17,20)(H,18,21). The van der Waals surface area contributed by atoms with Crippen LogP contribution in [-0.4, -0.2) is 23.3 Å². The third-order valence-electron chi connectivity index (χ3n) is 3.44. The van der Waals surface area contributed by atoms with Gasteiger partial charge in [0.25, 0.3) is 11.6 Å². The van der Waals surface area contributed by atoms with Crippen LogP contribution in [0.25, 0.3) is 0 Å². The maximum absolute atomic E-state index is 12.1. The Morgan fingerprint density at radius 2 is 2.08 bits per heavy atom. The SMILES string of the molecule is O=C(Cc1ccccc1[N+](=O)[O-])Nc1ccc2c(c1)OCC(=O)N2. The summed E-state index contributed by atoms with van der Waals surface area (Å²) in [6.45, 7) is -0.0827. The first-order valence-corrected chi connectivity index (χ1v) is 7.12. The largest absolute Gasteiger partial charge is 0.482 e. The van der Waals surface area contributed by atoms with Crippen LogP contribution in [0, 0.1) is 10.1 Å². The van der Waals surface area contributed by atoms with Gasteiger partial charge in [-0.2, -0.15) is 0 Å². The average Bonchev–Trinajstić information content (AvgIpc) is 2.55. The summed E-state index contributed by atoms with van der Waals surface area (Å²) in [5.41, 5.74) is 1.25. The highest BCUT2D eigenvalue weighted by Crippen LogP contribution is 2.30. The molecule has 2 aromatic rings. The molecule has 1 aliphatic heterocycles. The number of carbonyl (C=O) groups is 2. The zero-order valence-electron chi connectivity index (χ0n) is 12.4. The lowest BCUT2D eigenvalue weighted by Gasteiger charge is -2.18. The van der Waals surface area contributed by atoms with Gasteiger partial charge < -0.3 is 15.4 Å². The number of rotatable bonds is 4. The van der Waals surface area contributed by atoms with Crippen LogP contribution in [0.3, 0.4) is 0 Å². The van der Waals surface area contributed by atoms with E-state index in [2.05, 4.69) is 10.6 Å². The number of nitrogens with one attached hydrogen (secondary N) is 2. The smallest absolute Gasteiger partial charge is 0.273 e. The number of benzene rings is 2. The number of fused-ring (bicyclic) bond motifs is 1. The molecule has 3 rings (SSSR count). The second-order valence-corrected chi connectivity index (χ2v) is 5.16. The van der Waals surface area contributed by atoms with Crippen LogP contribution in [0.4, 0.5) is 17.1 Å². The first-order valence-electron chi connectivity index (χ1n) is 7.12. The van der Waals surface area contributed by atoms with Gasteiger partial charge in [-0.25, -0.2) is 0 Å². The molecule has 0 unspecified atom stereocenters. The van der Waals surface area contributed by atoms with Gasteiger partial charge in [0.15, 0.2) is 6.61 Å². The van der Waals surface area contributed by atoms with Crippen LogP contribution in [0.1, 0.15) is 5.56 Å². The molecule has 0 aromatic heterocycles. The molecule has 122 valence electrons. The molecule has 0 spiro atoms. The van der Waals surface area contributed by atoms with Crippen molar-refractivity contribution in [1.82, 2.24) is 0 Å². The summed E-state index contributed by atoms with van der Waals surface area (Å²) in [5.74, 6) is -0.169. The molecule has 0 saturated heterocycles. The van der Waals surface area contributed by atoms with Crippen molar-refractivity contribution in [2.45, 2.75) is 6.42 Å². The number of hydrogen-bond acceptors (Lipinski definition) is 5. The molecule has 8 heteroatoms. The van der Waals surface area contributed by atoms with Gasteiger partial charge in [-0.15, -0.1) is 0 Å². The fraction of sp³-hybridized carbons (Fsp3) is 0.125. The Bertz CT molecular complexity index is 834. The molecule has 8 nitrogen and oxygen atoms in total. The van der Waals surface area contributed by atoms with Crippen LogP contribution >= 0.6 is 0 Å². The summed E-state index contributed by atoms with van der Waals surface area (Å²) in [4.78, 5) is 33.8. The Kier molecular flexibility index (Phi) is 4.11. The number of anilines is 2. The molecule has 0 bridgehead atoms. The first-order chi connectivity index (χ1) is 11.5. The van der Waals surface area contributed by atoms with E-state index in [0.29, 0.717) is 22.7 Å². The Labute approximate surface area is 136 Å². The predicted molar refractivity (Wildman–Crippen MR) is 86.0 cm³/mol. The monoisotopic (exact) mass is 327 g/mol. The molecular formula is C16H13N3O5. The molecule has 2 amide bonds. The van der Waals surface area contributed by atoms with E-state index in [0.717, 1.165) is 0 Å². The lowest BCUT2D eigenvalue weighted by Crippen LogP contribution is -2.25. The molecule has 0 fully saturated rings. The highest BCUT2D eigenvalue weighted by molar-refractivity contribution is 5.97. The summed E-state index contributed by atoms with van der Waals surface area (Å²) >= 11 is 0. The fourth-order valence-electron chi connectivity index (χ4n) is 2.37. The van der Waals surface area contributed by atoms with Crippen molar-refractivity contribution in [3.05, 3.63) is 58.1 Å².